The van der Waals surface area contributed by atoms with E-state index in [9.17, 15) is 4.79 Å². The van der Waals surface area contributed by atoms with Crippen molar-refractivity contribution in [2.45, 2.75) is 98.3 Å². The summed E-state index contributed by atoms with van der Waals surface area (Å²) < 4.78 is 6.12. The van der Waals surface area contributed by atoms with Crippen LogP contribution in [0.3, 0.4) is 0 Å². The molecule has 6 atom stereocenters. The van der Waals surface area contributed by atoms with Gasteiger partial charge in [-0.05, 0) is 73.2 Å². The molecule has 4 aliphatic rings. The summed E-state index contributed by atoms with van der Waals surface area (Å²) in [4.78, 5) is 12.7. The van der Waals surface area contributed by atoms with Gasteiger partial charge in [-0.2, -0.15) is 0 Å². The van der Waals surface area contributed by atoms with Gasteiger partial charge in [-0.15, -0.1) is 0 Å². The van der Waals surface area contributed by atoms with Gasteiger partial charge < -0.3 is 4.74 Å². The first-order valence-corrected chi connectivity index (χ1v) is 11.9. The summed E-state index contributed by atoms with van der Waals surface area (Å²) in [6.07, 6.45) is 13.9. The minimum atomic E-state index is 0.108. The summed E-state index contributed by atoms with van der Waals surface area (Å²) in [6.45, 7) is 9.69. The van der Waals surface area contributed by atoms with E-state index < -0.39 is 0 Å². The molecule has 4 rings (SSSR count). The van der Waals surface area contributed by atoms with Crippen molar-refractivity contribution in [3.05, 3.63) is 11.3 Å². The average Bonchev–Trinajstić information content (AvgIpc) is 2.99. The number of carbonyl (C=O) groups excluding carboxylic acids is 1. The third kappa shape index (κ3) is 3.40. The van der Waals surface area contributed by atoms with Crippen molar-refractivity contribution in [3.8, 4) is 0 Å². The molecule has 0 bridgehead atoms. The lowest BCUT2D eigenvalue weighted by Crippen LogP contribution is -2.43. The van der Waals surface area contributed by atoms with Gasteiger partial charge in [0.1, 0.15) is 5.76 Å². The highest BCUT2D eigenvalue weighted by Gasteiger charge is 2.55. The van der Waals surface area contributed by atoms with Gasteiger partial charge in [-0.3, -0.25) is 4.79 Å². The number of allylic oxidation sites excluding steroid dienone is 2. The molecular weight excluding hydrogens is 332 g/mol. The molecule has 2 saturated carbocycles. The smallest absolute Gasteiger partial charge is 0.314 e. The van der Waals surface area contributed by atoms with E-state index in [0.29, 0.717) is 17.3 Å². The average molecular weight is 373 g/mol. The summed E-state index contributed by atoms with van der Waals surface area (Å²) in [7, 11) is 0. The number of hydrogen-bond acceptors (Lipinski definition) is 2. The Kier molecular flexibility index (Phi) is 5.47. The first-order valence-electron chi connectivity index (χ1n) is 11.9. The lowest BCUT2D eigenvalue weighted by atomic mass is 9.59. The zero-order valence-corrected chi connectivity index (χ0v) is 18.1. The largest absolute Gasteiger partial charge is 0.431 e. The van der Waals surface area contributed by atoms with Crippen LogP contribution in [0.15, 0.2) is 11.3 Å². The Morgan fingerprint density at radius 2 is 1.78 bits per heavy atom. The van der Waals surface area contributed by atoms with Crippen LogP contribution < -0.4 is 0 Å². The summed E-state index contributed by atoms with van der Waals surface area (Å²) in [6, 6.07) is 0. The SMILES string of the molecule is CC(C)CCC[C@@H](C)[C@H]1CC[C@H]2C3=C(CCC12C)C1CCCCC1C(=O)O3. The number of esters is 1. The lowest BCUT2D eigenvalue weighted by Gasteiger charge is -2.48. The molecule has 0 aromatic carbocycles. The third-order valence-corrected chi connectivity index (χ3v) is 8.83. The molecule has 2 heteroatoms. The van der Waals surface area contributed by atoms with Crippen molar-refractivity contribution in [1.82, 2.24) is 0 Å². The van der Waals surface area contributed by atoms with Crippen molar-refractivity contribution >= 4 is 5.97 Å². The van der Waals surface area contributed by atoms with Crippen LogP contribution in [-0.2, 0) is 9.53 Å². The molecule has 0 saturated heterocycles. The maximum Gasteiger partial charge on any atom is 0.314 e. The van der Waals surface area contributed by atoms with Crippen LogP contribution in [0, 0.1) is 40.9 Å². The zero-order valence-electron chi connectivity index (χ0n) is 18.1. The molecule has 27 heavy (non-hydrogen) atoms. The van der Waals surface area contributed by atoms with Gasteiger partial charge in [0.25, 0.3) is 0 Å². The standard InChI is InChI=1S/C25H40O2/c1-16(2)8-7-9-17(3)21-12-13-22-23-19(14-15-25(21,22)4)18-10-5-6-11-20(18)24(26)27-23/h16-18,20-22H,5-15H2,1-4H3/t17-,18?,20?,21-,22+,25?/m1/s1. The Bertz CT molecular complexity index is 603. The van der Waals surface area contributed by atoms with Crippen LogP contribution in [0.4, 0.5) is 0 Å². The van der Waals surface area contributed by atoms with Gasteiger partial charge >= 0.3 is 5.97 Å². The quantitative estimate of drug-likeness (QED) is 0.491. The highest BCUT2D eigenvalue weighted by atomic mass is 16.5. The minimum Gasteiger partial charge on any atom is -0.431 e. The molecular formula is C25H40O2. The maximum absolute atomic E-state index is 12.7. The highest BCUT2D eigenvalue weighted by molar-refractivity contribution is 5.76. The molecule has 0 amide bonds. The molecule has 152 valence electrons. The fourth-order valence-corrected chi connectivity index (χ4v) is 7.31. The Hall–Kier alpha value is -0.790. The number of ether oxygens (including phenoxy) is 1. The van der Waals surface area contributed by atoms with Gasteiger partial charge in [-0.1, -0.05) is 59.8 Å². The third-order valence-electron chi connectivity index (χ3n) is 8.83. The van der Waals surface area contributed by atoms with E-state index in [2.05, 4.69) is 27.7 Å². The minimum absolute atomic E-state index is 0.108. The van der Waals surface area contributed by atoms with Crippen molar-refractivity contribution in [2.24, 2.45) is 40.9 Å². The van der Waals surface area contributed by atoms with Crippen molar-refractivity contribution in [2.75, 3.05) is 0 Å². The van der Waals surface area contributed by atoms with Gasteiger partial charge in [0.05, 0.1) is 5.92 Å². The number of fused-ring (bicyclic) bond motifs is 4. The number of carbonyl (C=O) groups is 1. The van der Waals surface area contributed by atoms with Gasteiger partial charge in [0.15, 0.2) is 0 Å². The van der Waals surface area contributed by atoms with Crippen molar-refractivity contribution in [1.29, 1.82) is 0 Å². The maximum atomic E-state index is 12.7. The second-order valence-electron chi connectivity index (χ2n) is 10.9. The Labute approximate surface area is 166 Å². The normalized spacial score (nSPS) is 39.7. The number of hydrogen-bond donors (Lipinski definition) is 0. The van der Waals surface area contributed by atoms with E-state index in [1.54, 1.807) is 5.57 Å². The van der Waals surface area contributed by atoms with E-state index in [-0.39, 0.29) is 11.9 Å². The first kappa shape index (κ1) is 19.5. The van der Waals surface area contributed by atoms with E-state index in [1.807, 2.05) is 0 Å². The van der Waals surface area contributed by atoms with Crippen LogP contribution in [0.1, 0.15) is 98.3 Å². The molecule has 0 aromatic rings. The molecule has 2 fully saturated rings. The van der Waals surface area contributed by atoms with E-state index in [1.165, 1.54) is 64.2 Å². The molecule has 0 aromatic heterocycles. The predicted molar refractivity (Wildman–Crippen MR) is 110 cm³/mol. The van der Waals surface area contributed by atoms with Crippen LogP contribution >= 0.6 is 0 Å². The second-order valence-corrected chi connectivity index (χ2v) is 10.9. The lowest BCUT2D eigenvalue weighted by molar-refractivity contribution is -0.152. The monoisotopic (exact) mass is 372 g/mol. The molecule has 1 heterocycles. The molecule has 0 spiro atoms. The second kappa shape index (κ2) is 7.56. The molecule has 1 aliphatic heterocycles. The van der Waals surface area contributed by atoms with Crippen molar-refractivity contribution < 1.29 is 9.53 Å². The van der Waals surface area contributed by atoms with Crippen molar-refractivity contribution in [3.63, 3.8) is 0 Å². The molecule has 2 nitrogen and oxygen atoms in total. The fraction of sp³-hybridized carbons (Fsp3) is 0.880. The van der Waals surface area contributed by atoms with E-state index >= 15 is 0 Å². The van der Waals surface area contributed by atoms with E-state index in [4.69, 9.17) is 4.74 Å². The summed E-state index contributed by atoms with van der Waals surface area (Å²) in [5.74, 6) is 4.87. The fourth-order valence-electron chi connectivity index (χ4n) is 7.31. The predicted octanol–water partition coefficient (Wildman–Crippen LogP) is 6.89. The van der Waals surface area contributed by atoms with Crippen LogP contribution in [0.25, 0.3) is 0 Å². The summed E-state index contributed by atoms with van der Waals surface area (Å²) in [5, 5.41) is 0. The summed E-state index contributed by atoms with van der Waals surface area (Å²) in [5.41, 5.74) is 1.91. The molecule has 0 radical (unpaired) electrons. The highest BCUT2D eigenvalue weighted by Crippen LogP contribution is 2.62. The van der Waals surface area contributed by atoms with Gasteiger partial charge in [0.2, 0.25) is 0 Å². The van der Waals surface area contributed by atoms with Gasteiger partial charge in [0, 0.05) is 5.92 Å². The number of rotatable bonds is 5. The zero-order chi connectivity index (χ0) is 19.2. The first-order chi connectivity index (χ1) is 12.9. The van der Waals surface area contributed by atoms with Crippen LogP contribution in [-0.4, -0.2) is 5.97 Å². The van der Waals surface area contributed by atoms with Crippen LogP contribution in [0.5, 0.6) is 0 Å². The molecule has 0 N–H and O–H groups in total. The Balaban J connectivity index is 1.52. The molecule has 3 aliphatic carbocycles. The summed E-state index contributed by atoms with van der Waals surface area (Å²) >= 11 is 0. The Morgan fingerprint density at radius 1 is 1.04 bits per heavy atom. The molecule has 3 unspecified atom stereocenters. The van der Waals surface area contributed by atoms with Gasteiger partial charge in [-0.25, -0.2) is 0 Å². The topological polar surface area (TPSA) is 26.3 Å². The van der Waals surface area contributed by atoms with E-state index in [0.717, 1.165) is 29.9 Å². The Morgan fingerprint density at radius 3 is 2.52 bits per heavy atom. The van der Waals surface area contributed by atoms with Crippen LogP contribution in [0.2, 0.25) is 0 Å².